The second kappa shape index (κ2) is 13.9. The molecule has 0 aromatic heterocycles. The standard InChI is InChI=1S/C26H34N2O5/c1-19(2)22-15-14-20(3)17-23(22)33-18-25(30)28-27-24(29)12-7-13-26(31)32-16-8-11-21-9-5-4-6-10-21/h4-6,9-10,14-15,17,19H,7-8,11-13,16,18H2,1-3H3,(H,27,29)(H,28,30). The molecule has 0 heterocycles. The van der Waals surface area contributed by atoms with E-state index in [0.717, 1.165) is 24.0 Å². The topological polar surface area (TPSA) is 93.7 Å². The van der Waals surface area contributed by atoms with Gasteiger partial charge in [-0.3, -0.25) is 25.2 Å². The summed E-state index contributed by atoms with van der Waals surface area (Å²) < 4.78 is 10.8. The van der Waals surface area contributed by atoms with Crippen molar-refractivity contribution in [1.82, 2.24) is 10.9 Å². The molecule has 7 heteroatoms. The van der Waals surface area contributed by atoms with Gasteiger partial charge in [0.25, 0.3) is 5.91 Å². The molecular weight excluding hydrogens is 420 g/mol. The van der Waals surface area contributed by atoms with Crippen LogP contribution in [0.15, 0.2) is 48.5 Å². The first-order chi connectivity index (χ1) is 15.8. The van der Waals surface area contributed by atoms with Crippen LogP contribution in [0.1, 0.15) is 62.1 Å². The molecule has 0 aliphatic heterocycles. The third-order valence-corrected chi connectivity index (χ3v) is 4.99. The lowest BCUT2D eigenvalue weighted by molar-refractivity contribution is -0.144. The molecule has 0 aliphatic rings. The monoisotopic (exact) mass is 454 g/mol. The number of hydrogen-bond donors (Lipinski definition) is 2. The van der Waals surface area contributed by atoms with Crippen molar-refractivity contribution >= 4 is 17.8 Å². The molecule has 2 aromatic carbocycles. The fourth-order valence-corrected chi connectivity index (χ4v) is 3.20. The minimum Gasteiger partial charge on any atom is -0.483 e. The van der Waals surface area contributed by atoms with Crippen molar-refractivity contribution in [3.8, 4) is 5.75 Å². The van der Waals surface area contributed by atoms with Gasteiger partial charge in [0, 0.05) is 12.8 Å². The molecule has 0 bridgehead atoms. The quantitative estimate of drug-likeness (QED) is 0.287. The summed E-state index contributed by atoms with van der Waals surface area (Å²) in [6, 6.07) is 15.9. The zero-order valence-electron chi connectivity index (χ0n) is 19.7. The normalized spacial score (nSPS) is 10.5. The third kappa shape index (κ3) is 10.2. The number of aryl methyl sites for hydroxylation is 2. The van der Waals surface area contributed by atoms with Crippen molar-refractivity contribution in [3.05, 3.63) is 65.2 Å². The lowest BCUT2D eigenvalue weighted by Gasteiger charge is -2.15. The molecule has 0 aliphatic carbocycles. The average molecular weight is 455 g/mol. The molecule has 0 fully saturated rings. The molecule has 2 amide bonds. The van der Waals surface area contributed by atoms with Crippen molar-refractivity contribution in [2.75, 3.05) is 13.2 Å². The van der Waals surface area contributed by atoms with E-state index in [1.54, 1.807) is 0 Å². The minimum absolute atomic E-state index is 0.107. The summed E-state index contributed by atoms with van der Waals surface area (Å²) in [4.78, 5) is 35.7. The average Bonchev–Trinajstić information content (AvgIpc) is 2.79. The molecule has 2 N–H and O–H groups in total. The zero-order chi connectivity index (χ0) is 24.1. The molecular formula is C26H34N2O5. The fourth-order valence-electron chi connectivity index (χ4n) is 3.20. The summed E-state index contributed by atoms with van der Waals surface area (Å²) >= 11 is 0. The highest BCUT2D eigenvalue weighted by Crippen LogP contribution is 2.27. The molecule has 0 radical (unpaired) electrons. The van der Waals surface area contributed by atoms with Crippen LogP contribution >= 0.6 is 0 Å². The smallest absolute Gasteiger partial charge is 0.305 e. The van der Waals surface area contributed by atoms with Gasteiger partial charge < -0.3 is 9.47 Å². The van der Waals surface area contributed by atoms with Gasteiger partial charge in [-0.2, -0.15) is 0 Å². The Bertz CT molecular complexity index is 912. The number of nitrogens with one attached hydrogen (secondary N) is 2. The van der Waals surface area contributed by atoms with Gasteiger partial charge in [0.05, 0.1) is 6.61 Å². The molecule has 2 aromatic rings. The Morgan fingerprint density at radius 3 is 2.36 bits per heavy atom. The van der Waals surface area contributed by atoms with Crippen molar-refractivity contribution in [3.63, 3.8) is 0 Å². The van der Waals surface area contributed by atoms with E-state index in [1.807, 2.05) is 55.5 Å². The van der Waals surface area contributed by atoms with E-state index >= 15 is 0 Å². The maximum Gasteiger partial charge on any atom is 0.305 e. The van der Waals surface area contributed by atoms with E-state index in [1.165, 1.54) is 5.56 Å². The Kier molecular flexibility index (Phi) is 10.9. The van der Waals surface area contributed by atoms with Gasteiger partial charge in [0.2, 0.25) is 5.91 Å². The molecule has 0 unspecified atom stereocenters. The van der Waals surface area contributed by atoms with Crippen LogP contribution in [-0.2, 0) is 25.5 Å². The summed E-state index contributed by atoms with van der Waals surface area (Å²) in [5, 5.41) is 0. The molecule has 0 saturated heterocycles. The Morgan fingerprint density at radius 1 is 0.909 bits per heavy atom. The minimum atomic E-state index is -0.461. The number of benzene rings is 2. The number of carbonyl (C=O) groups excluding carboxylic acids is 3. The Balaban J connectivity index is 1.56. The highest BCUT2D eigenvalue weighted by Gasteiger charge is 2.11. The highest BCUT2D eigenvalue weighted by molar-refractivity contribution is 5.83. The van der Waals surface area contributed by atoms with Crippen LogP contribution < -0.4 is 15.6 Å². The fraction of sp³-hybridized carbons (Fsp3) is 0.423. The number of rotatable bonds is 12. The van der Waals surface area contributed by atoms with Crippen LogP contribution in [0.5, 0.6) is 5.75 Å². The van der Waals surface area contributed by atoms with E-state index < -0.39 is 5.91 Å². The van der Waals surface area contributed by atoms with Gasteiger partial charge in [-0.05, 0) is 54.9 Å². The molecule has 0 atom stereocenters. The number of esters is 1. The van der Waals surface area contributed by atoms with Gasteiger partial charge in [-0.15, -0.1) is 0 Å². The Labute approximate surface area is 195 Å². The number of hydrogen-bond acceptors (Lipinski definition) is 5. The van der Waals surface area contributed by atoms with Crippen molar-refractivity contribution < 1.29 is 23.9 Å². The highest BCUT2D eigenvalue weighted by atomic mass is 16.5. The van der Waals surface area contributed by atoms with Crippen molar-refractivity contribution in [2.45, 2.75) is 58.8 Å². The second-order valence-corrected chi connectivity index (χ2v) is 8.24. The second-order valence-electron chi connectivity index (χ2n) is 8.24. The van der Waals surface area contributed by atoms with Crippen LogP contribution in [0.25, 0.3) is 0 Å². The molecule has 0 spiro atoms. The molecule has 7 nitrogen and oxygen atoms in total. The first-order valence-corrected chi connectivity index (χ1v) is 11.4. The van der Waals surface area contributed by atoms with Crippen LogP contribution in [0.2, 0.25) is 0 Å². The van der Waals surface area contributed by atoms with Crippen LogP contribution in [0.3, 0.4) is 0 Å². The maximum absolute atomic E-state index is 12.0. The lowest BCUT2D eigenvalue weighted by Crippen LogP contribution is -2.43. The summed E-state index contributed by atoms with van der Waals surface area (Å²) in [5.41, 5.74) is 7.94. The van der Waals surface area contributed by atoms with E-state index in [4.69, 9.17) is 9.47 Å². The Morgan fingerprint density at radius 2 is 1.64 bits per heavy atom. The van der Waals surface area contributed by atoms with Crippen molar-refractivity contribution in [1.29, 1.82) is 0 Å². The maximum atomic E-state index is 12.0. The van der Waals surface area contributed by atoms with Crippen LogP contribution in [0, 0.1) is 6.92 Å². The van der Waals surface area contributed by atoms with Gasteiger partial charge >= 0.3 is 5.97 Å². The van der Waals surface area contributed by atoms with E-state index in [0.29, 0.717) is 18.8 Å². The SMILES string of the molecule is Cc1ccc(C(C)C)c(OCC(=O)NNC(=O)CCCC(=O)OCCCc2ccccc2)c1. The molecule has 33 heavy (non-hydrogen) atoms. The number of amides is 2. The van der Waals surface area contributed by atoms with Gasteiger partial charge in [0.1, 0.15) is 5.75 Å². The molecule has 0 saturated carbocycles. The van der Waals surface area contributed by atoms with Gasteiger partial charge in [-0.25, -0.2) is 0 Å². The molecule has 178 valence electrons. The van der Waals surface area contributed by atoms with Crippen LogP contribution in [0.4, 0.5) is 0 Å². The number of hydrazine groups is 1. The summed E-state index contributed by atoms with van der Waals surface area (Å²) in [6.07, 6.45) is 2.21. The van der Waals surface area contributed by atoms with E-state index in [9.17, 15) is 14.4 Å². The summed E-state index contributed by atoms with van der Waals surface area (Å²) in [7, 11) is 0. The largest absolute Gasteiger partial charge is 0.483 e. The predicted octanol–water partition coefficient (Wildman–Crippen LogP) is 3.99. The van der Waals surface area contributed by atoms with E-state index in [-0.39, 0.29) is 37.2 Å². The third-order valence-electron chi connectivity index (χ3n) is 4.99. The van der Waals surface area contributed by atoms with Gasteiger partial charge in [-0.1, -0.05) is 56.3 Å². The first kappa shape index (κ1) is 25.9. The lowest BCUT2D eigenvalue weighted by atomic mass is 10.0. The first-order valence-electron chi connectivity index (χ1n) is 11.4. The van der Waals surface area contributed by atoms with E-state index in [2.05, 4.69) is 24.7 Å². The van der Waals surface area contributed by atoms with Gasteiger partial charge in [0.15, 0.2) is 6.61 Å². The van der Waals surface area contributed by atoms with Crippen LogP contribution in [-0.4, -0.2) is 31.0 Å². The Hall–Kier alpha value is -3.35. The van der Waals surface area contributed by atoms with Crippen molar-refractivity contribution in [2.24, 2.45) is 0 Å². The predicted molar refractivity (Wildman–Crippen MR) is 127 cm³/mol. The summed E-state index contributed by atoms with van der Waals surface area (Å²) in [6.45, 7) is 6.21. The molecule has 2 rings (SSSR count). The number of carbonyl (C=O) groups is 3. The zero-order valence-corrected chi connectivity index (χ0v) is 19.7. The summed E-state index contributed by atoms with van der Waals surface area (Å²) in [5.74, 6) is -0.240. The number of ether oxygens (including phenoxy) is 2.